The standard InChI is InChI=1S/C13H27N5O.HI/c1-4-5-15-13(14-3)16-6-7-17-8-10-18(11-9-17)12(2)19;/h4-11H2,1-3H3,(H2,14,15,16);1H. The van der Waals surface area contributed by atoms with Gasteiger partial charge in [-0.05, 0) is 6.42 Å². The Bertz CT molecular complexity index is 303. The molecular formula is C13H28IN5O. The molecule has 118 valence electrons. The van der Waals surface area contributed by atoms with Gasteiger partial charge in [0, 0.05) is 59.8 Å². The number of hydrogen-bond acceptors (Lipinski definition) is 3. The SMILES string of the molecule is CCCNC(=NC)NCCN1CCN(C(C)=O)CC1.I. The molecule has 1 aliphatic rings. The van der Waals surface area contributed by atoms with Gasteiger partial charge in [0.05, 0.1) is 0 Å². The van der Waals surface area contributed by atoms with E-state index in [1.807, 2.05) is 4.90 Å². The van der Waals surface area contributed by atoms with E-state index in [4.69, 9.17) is 0 Å². The smallest absolute Gasteiger partial charge is 0.219 e. The quantitative estimate of drug-likeness (QED) is 0.399. The Morgan fingerprint density at radius 1 is 1.15 bits per heavy atom. The molecule has 20 heavy (non-hydrogen) atoms. The highest BCUT2D eigenvalue weighted by atomic mass is 127. The largest absolute Gasteiger partial charge is 0.356 e. The summed E-state index contributed by atoms with van der Waals surface area (Å²) >= 11 is 0. The molecule has 0 spiro atoms. The summed E-state index contributed by atoms with van der Waals surface area (Å²) < 4.78 is 0. The van der Waals surface area contributed by atoms with Gasteiger partial charge in [-0.3, -0.25) is 14.7 Å². The fourth-order valence-corrected chi connectivity index (χ4v) is 2.08. The van der Waals surface area contributed by atoms with E-state index in [0.717, 1.165) is 58.2 Å². The molecule has 0 saturated carbocycles. The zero-order valence-corrected chi connectivity index (χ0v) is 15.1. The lowest BCUT2D eigenvalue weighted by Crippen LogP contribution is -2.50. The summed E-state index contributed by atoms with van der Waals surface area (Å²) in [4.78, 5) is 19.7. The van der Waals surface area contributed by atoms with Crippen LogP contribution < -0.4 is 10.6 Å². The summed E-state index contributed by atoms with van der Waals surface area (Å²) in [7, 11) is 1.79. The second-order valence-corrected chi connectivity index (χ2v) is 4.77. The highest BCUT2D eigenvalue weighted by Crippen LogP contribution is 2.00. The van der Waals surface area contributed by atoms with Gasteiger partial charge in [-0.1, -0.05) is 6.92 Å². The van der Waals surface area contributed by atoms with E-state index in [0.29, 0.717) is 0 Å². The first-order valence-electron chi connectivity index (χ1n) is 7.09. The molecule has 1 aliphatic heterocycles. The van der Waals surface area contributed by atoms with Gasteiger partial charge in [-0.25, -0.2) is 0 Å². The normalized spacial score (nSPS) is 16.6. The van der Waals surface area contributed by atoms with Gasteiger partial charge in [-0.2, -0.15) is 0 Å². The minimum absolute atomic E-state index is 0. The average molecular weight is 397 g/mol. The third kappa shape index (κ3) is 7.28. The number of halogens is 1. The van der Waals surface area contributed by atoms with E-state index in [-0.39, 0.29) is 29.9 Å². The van der Waals surface area contributed by atoms with Gasteiger partial charge in [0.15, 0.2) is 5.96 Å². The van der Waals surface area contributed by atoms with Crippen molar-refractivity contribution in [2.24, 2.45) is 4.99 Å². The van der Waals surface area contributed by atoms with Crippen molar-refractivity contribution in [1.82, 2.24) is 20.4 Å². The molecule has 0 atom stereocenters. The molecule has 1 fully saturated rings. The number of carbonyl (C=O) groups excluding carboxylic acids is 1. The van der Waals surface area contributed by atoms with Crippen molar-refractivity contribution in [1.29, 1.82) is 0 Å². The van der Waals surface area contributed by atoms with Gasteiger partial charge >= 0.3 is 0 Å². The molecule has 1 saturated heterocycles. The average Bonchev–Trinajstić information content (AvgIpc) is 2.43. The highest BCUT2D eigenvalue weighted by Gasteiger charge is 2.17. The van der Waals surface area contributed by atoms with E-state index < -0.39 is 0 Å². The van der Waals surface area contributed by atoms with Crippen LogP contribution in [0.4, 0.5) is 0 Å². The zero-order valence-electron chi connectivity index (χ0n) is 12.8. The number of carbonyl (C=O) groups is 1. The molecule has 0 aliphatic carbocycles. The molecule has 1 heterocycles. The van der Waals surface area contributed by atoms with E-state index in [1.54, 1.807) is 14.0 Å². The van der Waals surface area contributed by atoms with Crippen molar-refractivity contribution < 1.29 is 4.79 Å². The summed E-state index contributed by atoms with van der Waals surface area (Å²) in [6, 6.07) is 0. The number of piperazine rings is 1. The lowest BCUT2D eigenvalue weighted by Gasteiger charge is -2.34. The summed E-state index contributed by atoms with van der Waals surface area (Å²) in [5, 5.41) is 6.55. The van der Waals surface area contributed by atoms with Gasteiger partial charge in [0.1, 0.15) is 0 Å². The van der Waals surface area contributed by atoms with E-state index in [1.165, 1.54) is 0 Å². The molecule has 0 unspecified atom stereocenters. The first-order chi connectivity index (χ1) is 9.17. The predicted molar refractivity (Wildman–Crippen MR) is 93.8 cm³/mol. The molecule has 6 nitrogen and oxygen atoms in total. The fraction of sp³-hybridized carbons (Fsp3) is 0.846. The highest BCUT2D eigenvalue weighted by molar-refractivity contribution is 14.0. The number of nitrogens with zero attached hydrogens (tertiary/aromatic N) is 3. The Balaban J connectivity index is 0.00000361. The minimum Gasteiger partial charge on any atom is -0.356 e. The summed E-state index contributed by atoms with van der Waals surface area (Å²) in [6.07, 6.45) is 1.09. The van der Waals surface area contributed by atoms with E-state index >= 15 is 0 Å². The molecular weight excluding hydrogens is 369 g/mol. The van der Waals surface area contributed by atoms with Crippen LogP contribution in [-0.4, -0.2) is 74.5 Å². The van der Waals surface area contributed by atoms with Crippen molar-refractivity contribution in [2.75, 3.05) is 52.9 Å². The third-order valence-corrected chi connectivity index (χ3v) is 3.30. The van der Waals surface area contributed by atoms with Crippen molar-refractivity contribution in [3.63, 3.8) is 0 Å². The Labute approximate surface area is 139 Å². The molecule has 0 aromatic heterocycles. The number of aliphatic imine (C=N–C) groups is 1. The molecule has 1 amide bonds. The maximum absolute atomic E-state index is 11.2. The van der Waals surface area contributed by atoms with Crippen LogP contribution >= 0.6 is 24.0 Å². The Morgan fingerprint density at radius 2 is 1.75 bits per heavy atom. The van der Waals surface area contributed by atoms with Crippen LogP contribution in [0.15, 0.2) is 4.99 Å². The van der Waals surface area contributed by atoms with Gasteiger partial charge in [0.2, 0.25) is 5.91 Å². The predicted octanol–water partition coefficient (Wildman–Crippen LogP) is 0.344. The minimum atomic E-state index is 0. The van der Waals surface area contributed by atoms with Gasteiger partial charge in [0.25, 0.3) is 0 Å². The maximum atomic E-state index is 11.2. The zero-order chi connectivity index (χ0) is 14.1. The first kappa shape index (κ1) is 19.4. The van der Waals surface area contributed by atoms with Crippen LogP contribution in [0.2, 0.25) is 0 Å². The molecule has 0 radical (unpaired) electrons. The van der Waals surface area contributed by atoms with Crippen LogP contribution in [0.5, 0.6) is 0 Å². The topological polar surface area (TPSA) is 60.0 Å². The molecule has 0 aromatic carbocycles. The molecule has 1 rings (SSSR count). The Kier molecular flexibility index (Phi) is 10.8. The number of hydrogen-bond donors (Lipinski definition) is 2. The molecule has 2 N–H and O–H groups in total. The van der Waals surface area contributed by atoms with Crippen molar-refractivity contribution in [3.8, 4) is 0 Å². The fourth-order valence-electron chi connectivity index (χ4n) is 2.08. The third-order valence-electron chi connectivity index (χ3n) is 3.30. The van der Waals surface area contributed by atoms with E-state index in [2.05, 4.69) is 27.4 Å². The lowest BCUT2D eigenvalue weighted by atomic mass is 10.3. The van der Waals surface area contributed by atoms with Crippen molar-refractivity contribution >= 4 is 35.8 Å². The van der Waals surface area contributed by atoms with Crippen molar-refractivity contribution in [3.05, 3.63) is 0 Å². The molecule has 0 bridgehead atoms. The van der Waals surface area contributed by atoms with Crippen molar-refractivity contribution in [2.45, 2.75) is 20.3 Å². The molecule has 0 aromatic rings. The van der Waals surface area contributed by atoms with Gasteiger partial charge in [-0.15, -0.1) is 24.0 Å². The summed E-state index contributed by atoms with van der Waals surface area (Å²) in [5.74, 6) is 1.05. The number of amides is 1. The maximum Gasteiger partial charge on any atom is 0.219 e. The van der Waals surface area contributed by atoms with Crippen LogP contribution in [0.1, 0.15) is 20.3 Å². The van der Waals surface area contributed by atoms with Crippen LogP contribution in [0, 0.1) is 0 Å². The van der Waals surface area contributed by atoms with Crippen LogP contribution in [-0.2, 0) is 4.79 Å². The summed E-state index contributed by atoms with van der Waals surface area (Å²) in [5.41, 5.74) is 0. The van der Waals surface area contributed by atoms with Crippen LogP contribution in [0.3, 0.4) is 0 Å². The van der Waals surface area contributed by atoms with Crippen LogP contribution in [0.25, 0.3) is 0 Å². The Morgan fingerprint density at radius 3 is 2.25 bits per heavy atom. The number of guanidine groups is 1. The second-order valence-electron chi connectivity index (χ2n) is 4.77. The monoisotopic (exact) mass is 397 g/mol. The van der Waals surface area contributed by atoms with E-state index in [9.17, 15) is 4.79 Å². The number of rotatable bonds is 5. The summed E-state index contributed by atoms with van der Waals surface area (Å²) in [6.45, 7) is 10.2. The van der Waals surface area contributed by atoms with Gasteiger partial charge < -0.3 is 15.5 Å². The Hall–Kier alpha value is -0.570. The first-order valence-corrected chi connectivity index (χ1v) is 7.09. The molecule has 7 heteroatoms. The number of nitrogens with one attached hydrogen (secondary N) is 2. The second kappa shape index (κ2) is 11.1. The lowest BCUT2D eigenvalue weighted by molar-refractivity contribution is -0.130.